The van der Waals surface area contributed by atoms with Gasteiger partial charge in [0, 0.05) is 43.9 Å². The van der Waals surface area contributed by atoms with Crippen molar-refractivity contribution in [3.63, 3.8) is 0 Å². The van der Waals surface area contributed by atoms with Crippen molar-refractivity contribution in [2.45, 2.75) is 45.3 Å². The van der Waals surface area contributed by atoms with Crippen molar-refractivity contribution in [3.05, 3.63) is 52.7 Å². The molecule has 1 aliphatic rings. The van der Waals surface area contributed by atoms with Crippen LogP contribution in [0.3, 0.4) is 0 Å². The van der Waals surface area contributed by atoms with Gasteiger partial charge in [-0.25, -0.2) is 4.98 Å². The van der Waals surface area contributed by atoms with Gasteiger partial charge in [0.1, 0.15) is 5.82 Å². The quantitative estimate of drug-likeness (QED) is 0.580. The predicted octanol–water partition coefficient (Wildman–Crippen LogP) is 5.03. The number of anilines is 2. The lowest BCUT2D eigenvalue weighted by molar-refractivity contribution is -0.137. The molecule has 0 spiro atoms. The van der Waals surface area contributed by atoms with Crippen LogP contribution in [0.1, 0.15) is 43.7 Å². The van der Waals surface area contributed by atoms with Gasteiger partial charge in [-0.05, 0) is 43.0 Å². The van der Waals surface area contributed by atoms with Crippen LogP contribution in [0.5, 0.6) is 0 Å². The number of aromatic nitrogens is 1. The summed E-state index contributed by atoms with van der Waals surface area (Å²) in [7, 11) is 0. The summed E-state index contributed by atoms with van der Waals surface area (Å²) in [5.41, 5.74) is 0.671. The number of nitrogens with one attached hydrogen (secondary N) is 2. The van der Waals surface area contributed by atoms with Gasteiger partial charge in [0.25, 0.3) is 0 Å². The molecular weight excluding hydrogens is 457 g/mol. The number of halogens is 4. The Morgan fingerprint density at radius 2 is 1.94 bits per heavy atom. The van der Waals surface area contributed by atoms with Crippen molar-refractivity contribution >= 4 is 34.9 Å². The second-order valence-corrected chi connectivity index (χ2v) is 8.41. The molecular formula is C23H26ClF3N4O2. The fraction of sp³-hybridized carbons (Fsp3) is 0.435. The molecule has 0 aliphatic carbocycles. The molecule has 1 fully saturated rings. The van der Waals surface area contributed by atoms with E-state index in [0.29, 0.717) is 50.4 Å². The standard InChI is InChI=1S/C23H26ClF3N4O2/c1-2-4-20(32)30-18-6-3-5-15(11-18)13-29-22(33)16-7-9-31(10-8-16)21-19(24)12-17(14-28-21)23(25,26)27/h3,5-6,11-12,14,16H,2,4,7-10,13H2,1H3,(H,29,33)(H,30,32). The van der Waals surface area contributed by atoms with Gasteiger partial charge in [-0.2, -0.15) is 13.2 Å². The first-order chi connectivity index (χ1) is 15.7. The number of hydrogen-bond donors (Lipinski definition) is 2. The number of piperidine rings is 1. The molecule has 0 unspecified atom stereocenters. The molecule has 3 rings (SSSR count). The Hall–Kier alpha value is -2.81. The lowest BCUT2D eigenvalue weighted by Crippen LogP contribution is -2.40. The number of amides is 2. The van der Waals surface area contributed by atoms with E-state index in [1.807, 2.05) is 25.1 Å². The second kappa shape index (κ2) is 10.9. The van der Waals surface area contributed by atoms with Gasteiger partial charge in [0.2, 0.25) is 11.8 Å². The van der Waals surface area contributed by atoms with Crippen molar-refractivity contribution in [1.82, 2.24) is 10.3 Å². The van der Waals surface area contributed by atoms with E-state index in [9.17, 15) is 22.8 Å². The van der Waals surface area contributed by atoms with Gasteiger partial charge >= 0.3 is 6.18 Å². The molecule has 1 aliphatic heterocycles. The maximum Gasteiger partial charge on any atom is 0.417 e. The Kier molecular flexibility index (Phi) is 8.18. The van der Waals surface area contributed by atoms with Crippen molar-refractivity contribution in [2.75, 3.05) is 23.3 Å². The van der Waals surface area contributed by atoms with Crippen LogP contribution in [0.15, 0.2) is 36.5 Å². The number of rotatable bonds is 7. The smallest absolute Gasteiger partial charge is 0.355 e. The van der Waals surface area contributed by atoms with E-state index in [1.54, 1.807) is 11.0 Å². The first-order valence-electron chi connectivity index (χ1n) is 10.8. The highest BCUT2D eigenvalue weighted by molar-refractivity contribution is 6.33. The lowest BCUT2D eigenvalue weighted by Gasteiger charge is -2.32. The highest BCUT2D eigenvalue weighted by Gasteiger charge is 2.33. The molecule has 6 nitrogen and oxygen atoms in total. The Morgan fingerprint density at radius 1 is 1.21 bits per heavy atom. The monoisotopic (exact) mass is 482 g/mol. The summed E-state index contributed by atoms with van der Waals surface area (Å²) in [4.78, 5) is 30.1. The van der Waals surface area contributed by atoms with Crippen LogP contribution in [-0.4, -0.2) is 29.9 Å². The minimum absolute atomic E-state index is 0.0481. The number of nitrogens with zero attached hydrogens (tertiary/aromatic N) is 2. The van der Waals surface area contributed by atoms with Gasteiger partial charge in [0.05, 0.1) is 10.6 Å². The summed E-state index contributed by atoms with van der Waals surface area (Å²) in [6, 6.07) is 8.20. The van der Waals surface area contributed by atoms with Crippen LogP contribution < -0.4 is 15.5 Å². The third-order valence-corrected chi connectivity index (χ3v) is 5.75. The molecule has 0 atom stereocenters. The summed E-state index contributed by atoms with van der Waals surface area (Å²) in [6.07, 6.45) is -1.43. The van der Waals surface area contributed by atoms with E-state index >= 15 is 0 Å². The first-order valence-corrected chi connectivity index (χ1v) is 11.2. The third-order valence-electron chi connectivity index (χ3n) is 5.47. The van der Waals surface area contributed by atoms with E-state index in [4.69, 9.17) is 11.6 Å². The first kappa shape index (κ1) is 24.8. The zero-order valence-corrected chi connectivity index (χ0v) is 19.0. The van der Waals surface area contributed by atoms with Crippen molar-refractivity contribution < 1.29 is 22.8 Å². The minimum atomic E-state index is -4.50. The van der Waals surface area contributed by atoms with Crippen LogP contribution in [0, 0.1) is 5.92 Å². The average molecular weight is 483 g/mol. The Balaban J connectivity index is 1.51. The molecule has 178 valence electrons. The SMILES string of the molecule is CCCC(=O)Nc1cccc(CNC(=O)C2CCN(c3ncc(C(F)(F)F)cc3Cl)CC2)c1. The largest absolute Gasteiger partial charge is 0.417 e. The molecule has 2 heterocycles. The van der Waals surface area contributed by atoms with Crippen LogP contribution in [-0.2, 0) is 22.3 Å². The lowest BCUT2D eigenvalue weighted by atomic mass is 9.95. The number of carbonyl (C=O) groups is 2. The molecule has 0 radical (unpaired) electrons. The Morgan fingerprint density at radius 3 is 2.58 bits per heavy atom. The Bertz CT molecular complexity index is 992. The number of carbonyl (C=O) groups excluding carboxylic acids is 2. The molecule has 0 saturated carbocycles. The highest BCUT2D eigenvalue weighted by atomic mass is 35.5. The zero-order chi connectivity index (χ0) is 24.0. The average Bonchev–Trinajstić information content (AvgIpc) is 2.77. The molecule has 0 bridgehead atoms. The summed E-state index contributed by atoms with van der Waals surface area (Å²) in [6.45, 7) is 3.21. The highest BCUT2D eigenvalue weighted by Crippen LogP contribution is 2.34. The van der Waals surface area contributed by atoms with E-state index in [2.05, 4.69) is 15.6 Å². The molecule has 1 aromatic heterocycles. The number of benzene rings is 1. The van der Waals surface area contributed by atoms with Crippen LogP contribution in [0.4, 0.5) is 24.7 Å². The van der Waals surface area contributed by atoms with Crippen molar-refractivity contribution in [2.24, 2.45) is 5.92 Å². The fourth-order valence-corrected chi connectivity index (χ4v) is 4.00. The van der Waals surface area contributed by atoms with Crippen LogP contribution in [0.25, 0.3) is 0 Å². The summed E-state index contributed by atoms with van der Waals surface area (Å²) < 4.78 is 38.4. The van der Waals surface area contributed by atoms with E-state index < -0.39 is 11.7 Å². The molecule has 10 heteroatoms. The van der Waals surface area contributed by atoms with Gasteiger partial charge in [-0.15, -0.1) is 0 Å². The Labute approximate surface area is 195 Å². The molecule has 2 amide bonds. The summed E-state index contributed by atoms with van der Waals surface area (Å²) in [5.74, 6) is -0.0398. The number of pyridine rings is 1. The summed E-state index contributed by atoms with van der Waals surface area (Å²) >= 11 is 6.04. The van der Waals surface area contributed by atoms with E-state index in [0.717, 1.165) is 24.2 Å². The van der Waals surface area contributed by atoms with Gasteiger partial charge in [0.15, 0.2) is 0 Å². The normalized spacial score (nSPS) is 14.8. The molecule has 1 aromatic carbocycles. The predicted molar refractivity (Wildman–Crippen MR) is 121 cm³/mol. The van der Waals surface area contributed by atoms with Gasteiger partial charge in [-0.1, -0.05) is 30.7 Å². The van der Waals surface area contributed by atoms with Crippen molar-refractivity contribution in [3.8, 4) is 0 Å². The van der Waals surface area contributed by atoms with Crippen molar-refractivity contribution in [1.29, 1.82) is 0 Å². The maximum atomic E-state index is 12.8. The maximum absolute atomic E-state index is 12.8. The van der Waals surface area contributed by atoms with Crippen LogP contribution >= 0.6 is 11.6 Å². The molecule has 2 N–H and O–H groups in total. The second-order valence-electron chi connectivity index (χ2n) is 8.00. The zero-order valence-electron chi connectivity index (χ0n) is 18.2. The molecule has 1 saturated heterocycles. The van der Waals surface area contributed by atoms with Crippen LogP contribution in [0.2, 0.25) is 5.02 Å². The van der Waals surface area contributed by atoms with E-state index in [-0.39, 0.29) is 22.8 Å². The number of hydrogen-bond acceptors (Lipinski definition) is 4. The minimum Gasteiger partial charge on any atom is -0.355 e. The summed E-state index contributed by atoms with van der Waals surface area (Å²) in [5, 5.41) is 5.71. The van der Waals surface area contributed by atoms with E-state index in [1.165, 1.54) is 0 Å². The third kappa shape index (κ3) is 6.83. The molecule has 33 heavy (non-hydrogen) atoms. The molecule has 2 aromatic rings. The van der Waals surface area contributed by atoms with Gasteiger partial charge < -0.3 is 15.5 Å². The fourth-order valence-electron chi connectivity index (χ4n) is 3.72. The van der Waals surface area contributed by atoms with Gasteiger partial charge in [-0.3, -0.25) is 9.59 Å². The topological polar surface area (TPSA) is 74.3 Å². The number of alkyl halides is 3.